The fourth-order valence-electron chi connectivity index (χ4n) is 1.20. The number of esters is 1. The number of carbonyl (C=O) groups is 2. The molecule has 0 bridgehead atoms. The fourth-order valence-corrected chi connectivity index (χ4v) is 1.20. The van der Waals surface area contributed by atoms with Crippen molar-refractivity contribution in [3.8, 4) is 0 Å². The van der Waals surface area contributed by atoms with Gasteiger partial charge in [-0.3, -0.25) is 9.48 Å². The molecule has 7 heteroatoms. The Hall–Kier alpha value is -1.92. The minimum absolute atomic E-state index is 0.00299. The molecule has 0 aliphatic carbocycles. The molecule has 1 aromatic heterocycles. The number of nitrogens with one attached hydrogen (secondary N) is 1. The number of aryl methyl sites for hydroxylation is 1. The number of hydrogen-bond acceptors (Lipinski definition) is 5. The summed E-state index contributed by atoms with van der Waals surface area (Å²) in [5.41, 5.74) is 0. The van der Waals surface area contributed by atoms with Crippen LogP contribution in [0.5, 0.6) is 0 Å². The molecule has 0 fully saturated rings. The Morgan fingerprint density at radius 2 is 2.24 bits per heavy atom. The van der Waals surface area contributed by atoms with E-state index in [1.807, 2.05) is 13.8 Å². The lowest BCUT2D eigenvalue weighted by atomic mass is 10.3. The first kappa shape index (κ1) is 13.1. The van der Waals surface area contributed by atoms with Gasteiger partial charge in [0, 0.05) is 12.5 Å². The van der Waals surface area contributed by atoms with E-state index in [0.29, 0.717) is 13.0 Å². The number of nitrogens with zero attached hydrogens (tertiary/aromatic N) is 3. The van der Waals surface area contributed by atoms with E-state index in [0.717, 1.165) is 0 Å². The number of hydrogen-bond donors (Lipinski definition) is 1. The molecular weight excluding hydrogens is 224 g/mol. The van der Waals surface area contributed by atoms with Crippen molar-refractivity contribution in [2.75, 3.05) is 7.11 Å². The van der Waals surface area contributed by atoms with Crippen molar-refractivity contribution in [3.63, 3.8) is 0 Å². The molecule has 1 rings (SSSR count). The van der Waals surface area contributed by atoms with Crippen molar-refractivity contribution < 1.29 is 14.3 Å². The second-order valence-electron chi connectivity index (χ2n) is 3.80. The third-order valence-electron chi connectivity index (χ3n) is 1.92. The monoisotopic (exact) mass is 240 g/mol. The van der Waals surface area contributed by atoms with Gasteiger partial charge >= 0.3 is 5.97 Å². The maximum absolute atomic E-state index is 11.4. The van der Waals surface area contributed by atoms with Gasteiger partial charge in [-0.15, -0.1) is 5.10 Å². The van der Waals surface area contributed by atoms with E-state index in [9.17, 15) is 9.59 Å². The lowest BCUT2D eigenvalue weighted by molar-refractivity contribution is -0.121. The van der Waals surface area contributed by atoms with Gasteiger partial charge in [0.05, 0.1) is 13.7 Å². The molecule has 0 saturated carbocycles. The van der Waals surface area contributed by atoms with Crippen LogP contribution in [0.4, 0.5) is 0 Å². The fraction of sp³-hybridized carbons (Fsp3) is 0.600. The van der Waals surface area contributed by atoms with Crippen molar-refractivity contribution in [1.29, 1.82) is 0 Å². The van der Waals surface area contributed by atoms with Gasteiger partial charge < -0.3 is 10.1 Å². The van der Waals surface area contributed by atoms with E-state index in [1.165, 1.54) is 18.1 Å². The van der Waals surface area contributed by atoms with E-state index < -0.39 is 5.97 Å². The maximum Gasteiger partial charge on any atom is 0.377 e. The van der Waals surface area contributed by atoms with E-state index in [4.69, 9.17) is 0 Å². The van der Waals surface area contributed by atoms with Crippen LogP contribution in [0.15, 0.2) is 6.33 Å². The zero-order valence-corrected chi connectivity index (χ0v) is 10.1. The van der Waals surface area contributed by atoms with Crippen LogP contribution in [-0.2, 0) is 16.1 Å². The average molecular weight is 240 g/mol. The van der Waals surface area contributed by atoms with Crippen LogP contribution in [0.25, 0.3) is 0 Å². The van der Waals surface area contributed by atoms with Crippen molar-refractivity contribution in [2.24, 2.45) is 0 Å². The summed E-state index contributed by atoms with van der Waals surface area (Å²) in [6.45, 7) is 4.16. The standard InChI is InChI=1S/C10H16N4O3/c1-7(2)12-8(15)4-5-14-6-11-9(13-14)10(16)17-3/h6-7H,4-5H2,1-3H3,(H,12,15). The topological polar surface area (TPSA) is 86.1 Å². The Kier molecular flexibility index (Phi) is 4.62. The smallest absolute Gasteiger partial charge is 0.377 e. The molecule has 17 heavy (non-hydrogen) atoms. The molecular formula is C10H16N4O3. The highest BCUT2D eigenvalue weighted by Crippen LogP contribution is 1.95. The summed E-state index contributed by atoms with van der Waals surface area (Å²) >= 11 is 0. The molecule has 94 valence electrons. The predicted octanol–water partition coefficient (Wildman–Crippen LogP) is -0.0206. The Bertz CT molecular complexity index is 400. The lowest BCUT2D eigenvalue weighted by Crippen LogP contribution is -2.30. The van der Waals surface area contributed by atoms with Crippen molar-refractivity contribution in [2.45, 2.75) is 32.9 Å². The summed E-state index contributed by atoms with van der Waals surface area (Å²) < 4.78 is 5.91. The summed E-state index contributed by atoms with van der Waals surface area (Å²) in [5.74, 6) is -0.651. The van der Waals surface area contributed by atoms with Gasteiger partial charge in [-0.25, -0.2) is 9.78 Å². The Morgan fingerprint density at radius 1 is 1.53 bits per heavy atom. The maximum atomic E-state index is 11.4. The highest BCUT2D eigenvalue weighted by Gasteiger charge is 2.11. The van der Waals surface area contributed by atoms with E-state index in [1.54, 1.807) is 0 Å². The zero-order chi connectivity index (χ0) is 12.8. The van der Waals surface area contributed by atoms with E-state index in [-0.39, 0.29) is 17.8 Å². The molecule has 1 amide bonds. The molecule has 0 atom stereocenters. The van der Waals surface area contributed by atoms with Crippen molar-refractivity contribution in [1.82, 2.24) is 20.1 Å². The number of methoxy groups -OCH3 is 1. The minimum Gasteiger partial charge on any atom is -0.463 e. The molecule has 0 unspecified atom stereocenters. The molecule has 7 nitrogen and oxygen atoms in total. The first-order valence-electron chi connectivity index (χ1n) is 5.30. The largest absolute Gasteiger partial charge is 0.463 e. The van der Waals surface area contributed by atoms with Gasteiger partial charge in [-0.1, -0.05) is 0 Å². The van der Waals surface area contributed by atoms with Gasteiger partial charge in [0.25, 0.3) is 5.82 Å². The zero-order valence-electron chi connectivity index (χ0n) is 10.1. The number of carbonyl (C=O) groups excluding carboxylic acids is 2. The van der Waals surface area contributed by atoms with E-state index in [2.05, 4.69) is 20.1 Å². The Labute approximate surface area is 99.2 Å². The molecule has 0 spiro atoms. The number of aromatic nitrogens is 3. The van der Waals surface area contributed by atoms with E-state index >= 15 is 0 Å². The van der Waals surface area contributed by atoms with Crippen LogP contribution in [-0.4, -0.2) is 39.8 Å². The van der Waals surface area contributed by atoms with Crippen LogP contribution >= 0.6 is 0 Å². The molecule has 0 aliphatic heterocycles. The number of rotatable bonds is 5. The first-order valence-corrected chi connectivity index (χ1v) is 5.30. The first-order chi connectivity index (χ1) is 8.02. The summed E-state index contributed by atoms with van der Waals surface area (Å²) in [7, 11) is 1.26. The quantitative estimate of drug-likeness (QED) is 0.731. The highest BCUT2D eigenvalue weighted by atomic mass is 16.5. The summed E-state index contributed by atoms with van der Waals surface area (Å²) in [5, 5.41) is 6.64. The molecule has 0 radical (unpaired) electrons. The predicted molar refractivity (Wildman–Crippen MR) is 59.3 cm³/mol. The van der Waals surface area contributed by atoms with Crippen LogP contribution in [0, 0.1) is 0 Å². The average Bonchev–Trinajstić information content (AvgIpc) is 2.73. The Balaban J connectivity index is 2.45. The van der Waals surface area contributed by atoms with Gasteiger partial charge in [0.1, 0.15) is 6.33 Å². The van der Waals surface area contributed by atoms with Gasteiger partial charge in [0.15, 0.2) is 0 Å². The SMILES string of the molecule is COC(=O)c1ncn(CCC(=O)NC(C)C)n1. The molecule has 0 aliphatic rings. The lowest BCUT2D eigenvalue weighted by Gasteiger charge is -2.07. The summed E-state index contributed by atoms with van der Waals surface area (Å²) in [4.78, 5) is 26.2. The van der Waals surface area contributed by atoms with Crippen molar-refractivity contribution in [3.05, 3.63) is 12.2 Å². The van der Waals surface area contributed by atoms with Gasteiger partial charge in [-0.05, 0) is 13.8 Å². The van der Waals surface area contributed by atoms with Gasteiger partial charge in [-0.2, -0.15) is 0 Å². The molecule has 1 heterocycles. The summed E-state index contributed by atoms with van der Waals surface area (Å²) in [6.07, 6.45) is 1.69. The van der Waals surface area contributed by atoms with Crippen LogP contribution in [0.1, 0.15) is 30.9 Å². The third kappa shape index (κ3) is 4.21. The third-order valence-corrected chi connectivity index (χ3v) is 1.92. The summed E-state index contributed by atoms with van der Waals surface area (Å²) in [6, 6.07) is 0.115. The normalized spacial score (nSPS) is 10.4. The van der Waals surface area contributed by atoms with Crippen LogP contribution in [0.3, 0.4) is 0 Å². The second kappa shape index (κ2) is 5.97. The molecule has 1 N–H and O–H groups in total. The van der Waals surface area contributed by atoms with Gasteiger partial charge in [0.2, 0.25) is 5.91 Å². The molecule has 0 aromatic carbocycles. The minimum atomic E-state index is -0.588. The van der Waals surface area contributed by atoms with Crippen LogP contribution < -0.4 is 5.32 Å². The van der Waals surface area contributed by atoms with Crippen molar-refractivity contribution >= 4 is 11.9 Å². The molecule has 0 saturated heterocycles. The Morgan fingerprint density at radius 3 is 2.82 bits per heavy atom. The number of amides is 1. The number of ether oxygens (including phenoxy) is 1. The highest BCUT2D eigenvalue weighted by molar-refractivity contribution is 5.84. The van der Waals surface area contributed by atoms with Crippen LogP contribution in [0.2, 0.25) is 0 Å². The molecule has 1 aromatic rings. The second-order valence-corrected chi connectivity index (χ2v) is 3.80.